The van der Waals surface area contributed by atoms with Gasteiger partial charge >= 0.3 is 6.18 Å². The number of carbonyl (C=O) groups is 1. The molecule has 0 aliphatic carbocycles. The number of benzene rings is 1. The number of aryl methyl sites for hydroxylation is 1. The summed E-state index contributed by atoms with van der Waals surface area (Å²) < 4.78 is 42.7. The summed E-state index contributed by atoms with van der Waals surface area (Å²) in [6, 6.07) is 4.21. The normalized spacial score (nSPS) is 11.4. The Labute approximate surface area is 117 Å². The highest BCUT2D eigenvalue weighted by atomic mass is 19.4. The number of nitrogen functional groups attached to an aromatic ring is 1. The average Bonchev–Trinajstić information content (AvgIpc) is 2.81. The van der Waals surface area contributed by atoms with Crippen LogP contribution in [0.25, 0.3) is 0 Å². The number of anilines is 1. The standard InChI is InChI=1S/C13H12F3N3O2/c1-7-4-9(19-21-7)6-18-12(20)10-5-8(13(14,15)16)2-3-11(10)17/h2-5H,6,17H2,1H3,(H,18,20). The van der Waals surface area contributed by atoms with Crippen LogP contribution in [0.5, 0.6) is 0 Å². The van der Waals surface area contributed by atoms with Gasteiger partial charge in [0.2, 0.25) is 0 Å². The molecule has 1 amide bonds. The van der Waals surface area contributed by atoms with Gasteiger partial charge in [-0.2, -0.15) is 13.2 Å². The molecule has 2 aromatic rings. The monoisotopic (exact) mass is 299 g/mol. The zero-order chi connectivity index (χ0) is 15.6. The molecule has 0 spiro atoms. The third kappa shape index (κ3) is 3.53. The van der Waals surface area contributed by atoms with Crippen molar-refractivity contribution in [1.29, 1.82) is 0 Å². The summed E-state index contributed by atoms with van der Waals surface area (Å²) >= 11 is 0. The summed E-state index contributed by atoms with van der Waals surface area (Å²) in [5, 5.41) is 6.10. The Bertz CT molecular complexity index is 665. The first kappa shape index (κ1) is 14.9. The quantitative estimate of drug-likeness (QED) is 0.853. The van der Waals surface area contributed by atoms with Gasteiger partial charge in [0.1, 0.15) is 11.5 Å². The van der Waals surface area contributed by atoms with Gasteiger partial charge in [-0.15, -0.1) is 0 Å². The summed E-state index contributed by atoms with van der Waals surface area (Å²) in [7, 11) is 0. The third-order valence-electron chi connectivity index (χ3n) is 2.73. The number of halogens is 3. The lowest BCUT2D eigenvalue weighted by Gasteiger charge is -2.11. The predicted octanol–water partition coefficient (Wildman–Crippen LogP) is 2.51. The second-order valence-electron chi connectivity index (χ2n) is 4.41. The van der Waals surface area contributed by atoms with Crippen molar-refractivity contribution in [2.24, 2.45) is 0 Å². The number of amides is 1. The molecule has 0 saturated carbocycles. The summed E-state index contributed by atoms with van der Waals surface area (Å²) in [6.07, 6.45) is -4.54. The Morgan fingerprint density at radius 1 is 1.38 bits per heavy atom. The van der Waals surface area contributed by atoms with Crippen LogP contribution in [-0.4, -0.2) is 11.1 Å². The Kier molecular flexibility index (Phi) is 3.88. The lowest BCUT2D eigenvalue weighted by atomic mass is 10.1. The topological polar surface area (TPSA) is 81.2 Å². The van der Waals surface area contributed by atoms with Crippen LogP contribution in [0.1, 0.15) is 27.4 Å². The van der Waals surface area contributed by atoms with Crippen LogP contribution in [0.2, 0.25) is 0 Å². The molecular formula is C13H12F3N3O2. The summed E-state index contributed by atoms with van der Waals surface area (Å²) in [4.78, 5) is 11.9. The second-order valence-corrected chi connectivity index (χ2v) is 4.41. The van der Waals surface area contributed by atoms with Crippen molar-refractivity contribution in [1.82, 2.24) is 10.5 Å². The van der Waals surface area contributed by atoms with E-state index in [-0.39, 0.29) is 17.8 Å². The highest BCUT2D eigenvalue weighted by Gasteiger charge is 2.31. The number of nitrogens with two attached hydrogens (primary N) is 1. The first-order valence-corrected chi connectivity index (χ1v) is 5.94. The van der Waals surface area contributed by atoms with Crippen LogP contribution in [0, 0.1) is 6.92 Å². The molecule has 0 bridgehead atoms. The van der Waals surface area contributed by atoms with Gasteiger partial charge in [0.25, 0.3) is 5.91 Å². The molecule has 0 atom stereocenters. The van der Waals surface area contributed by atoms with E-state index in [1.807, 2.05) is 0 Å². The van der Waals surface area contributed by atoms with Crippen molar-refractivity contribution in [3.8, 4) is 0 Å². The van der Waals surface area contributed by atoms with E-state index in [0.717, 1.165) is 18.2 Å². The molecule has 21 heavy (non-hydrogen) atoms. The van der Waals surface area contributed by atoms with Gasteiger partial charge in [0.05, 0.1) is 17.7 Å². The van der Waals surface area contributed by atoms with Gasteiger partial charge in [-0.05, 0) is 25.1 Å². The molecule has 3 N–H and O–H groups in total. The van der Waals surface area contributed by atoms with Gasteiger partial charge in [-0.3, -0.25) is 4.79 Å². The zero-order valence-corrected chi connectivity index (χ0v) is 11.0. The lowest BCUT2D eigenvalue weighted by molar-refractivity contribution is -0.137. The van der Waals surface area contributed by atoms with E-state index in [2.05, 4.69) is 10.5 Å². The minimum Gasteiger partial charge on any atom is -0.398 e. The molecule has 112 valence electrons. The molecule has 0 radical (unpaired) electrons. The number of hydrogen-bond donors (Lipinski definition) is 2. The molecule has 0 fully saturated rings. The second kappa shape index (κ2) is 5.47. The fraction of sp³-hybridized carbons (Fsp3) is 0.231. The Morgan fingerprint density at radius 3 is 2.67 bits per heavy atom. The maximum absolute atomic E-state index is 12.6. The van der Waals surface area contributed by atoms with E-state index in [1.165, 1.54) is 0 Å². The van der Waals surface area contributed by atoms with E-state index < -0.39 is 17.6 Å². The van der Waals surface area contributed by atoms with Crippen molar-refractivity contribution < 1.29 is 22.5 Å². The van der Waals surface area contributed by atoms with Crippen LogP contribution < -0.4 is 11.1 Å². The number of alkyl halides is 3. The maximum atomic E-state index is 12.6. The lowest BCUT2D eigenvalue weighted by Crippen LogP contribution is -2.24. The SMILES string of the molecule is Cc1cc(CNC(=O)c2cc(C(F)(F)F)ccc2N)no1. The number of rotatable bonds is 3. The maximum Gasteiger partial charge on any atom is 0.416 e. The minimum atomic E-state index is -4.54. The van der Waals surface area contributed by atoms with E-state index in [9.17, 15) is 18.0 Å². The van der Waals surface area contributed by atoms with Crippen LogP contribution >= 0.6 is 0 Å². The molecule has 8 heteroatoms. The summed E-state index contributed by atoms with van der Waals surface area (Å²) in [5.41, 5.74) is 4.82. The molecule has 1 aromatic heterocycles. The van der Waals surface area contributed by atoms with E-state index >= 15 is 0 Å². The summed E-state index contributed by atoms with van der Waals surface area (Å²) in [6.45, 7) is 1.72. The first-order valence-electron chi connectivity index (χ1n) is 5.94. The van der Waals surface area contributed by atoms with Gasteiger partial charge in [0, 0.05) is 11.8 Å². The predicted molar refractivity (Wildman–Crippen MR) is 68.3 cm³/mol. The highest BCUT2D eigenvalue weighted by Crippen LogP contribution is 2.31. The Balaban J connectivity index is 2.15. The zero-order valence-electron chi connectivity index (χ0n) is 11.0. The van der Waals surface area contributed by atoms with Gasteiger partial charge in [0.15, 0.2) is 0 Å². The van der Waals surface area contributed by atoms with Gasteiger partial charge in [-0.1, -0.05) is 5.16 Å². The number of nitrogens with zero attached hydrogens (tertiary/aromatic N) is 1. The van der Waals surface area contributed by atoms with E-state index in [4.69, 9.17) is 10.3 Å². The molecule has 5 nitrogen and oxygen atoms in total. The first-order chi connectivity index (χ1) is 9.77. The number of carbonyl (C=O) groups excluding carboxylic acids is 1. The fourth-order valence-electron chi connectivity index (χ4n) is 1.70. The van der Waals surface area contributed by atoms with Crippen molar-refractivity contribution >= 4 is 11.6 Å². The van der Waals surface area contributed by atoms with Crippen molar-refractivity contribution in [2.45, 2.75) is 19.6 Å². The highest BCUT2D eigenvalue weighted by molar-refractivity contribution is 5.99. The van der Waals surface area contributed by atoms with Crippen molar-refractivity contribution in [3.05, 3.63) is 46.8 Å². The van der Waals surface area contributed by atoms with Gasteiger partial charge < -0.3 is 15.6 Å². The van der Waals surface area contributed by atoms with Crippen LogP contribution in [0.3, 0.4) is 0 Å². The number of aromatic nitrogens is 1. The van der Waals surface area contributed by atoms with Crippen LogP contribution in [0.4, 0.5) is 18.9 Å². The largest absolute Gasteiger partial charge is 0.416 e. The fourth-order valence-corrected chi connectivity index (χ4v) is 1.70. The molecule has 1 heterocycles. The molecule has 0 unspecified atom stereocenters. The average molecular weight is 299 g/mol. The molecule has 0 aliphatic heterocycles. The van der Waals surface area contributed by atoms with E-state index in [1.54, 1.807) is 13.0 Å². The molecule has 1 aromatic carbocycles. The van der Waals surface area contributed by atoms with Crippen molar-refractivity contribution in [2.75, 3.05) is 5.73 Å². The van der Waals surface area contributed by atoms with Crippen molar-refractivity contribution in [3.63, 3.8) is 0 Å². The molecular weight excluding hydrogens is 287 g/mol. The molecule has 0 aliphatic rings. The van der Waals surface area contributed by atoms with Gasteiger partial charge in [-0.25, -0.2) is 0 Å². The smallest absolute Gasteiger partial charge is 0.398 e. The summed E-state index contributed by atoms with van der Waals surface area (Å²) in [5.74, 6) is -0.142. The number of nitrogens with one attached hydrogen (secondary N) is 1. The molecule has 0 saturated heterocycles. The Morgan fingerprint density at radius 2 is 2.10 bits per heavy atom. The Hall–Kier alpha value is -2.51. The number of hydrogen-bond acceptors (Lipinski definition) is 4. The minimum absolute atomic E-state index is 0.0307. The van der Waals surface area contributed by atoms with Crippen LogP contribution in [-0.2, 0) is 12.7 Å². The van der Waals surface area contributed by atoms with E-state index in [0.29, 0.717) is 11.5 Å². The third-order valence-corrected chi connectivity index (χ3v) is 2.73. The van der Waals surface area contributed by atoms with Crippen LogP contribution in [0.15, 0.2) is 28.8 Å². The molecule has 2 rings (SSSR count).